The van der Waals surface area contributed by atoms with Gasteiger partial charge in [0, 0.05) is 4.47 Å². The van der Waals surface area contributed by atoms with Crippen molar-refractivity contribution in [2.75, 3.05) is 10.5 Å². The molecule has 0 amide bonds. The van der Waals surface area contributed by atoms with Crippen LogP contribution < -0.4 is 10.5 Å². The number of halogens is 4. The molecule has 0 atom stereocenters. The Hall–Kier alpha value is -0.900. The number of nitrogens with zero attached hydrogens (tertiary/aromatic N) is 1. The van der Waals surface area contributed by atoms with Gasteiger partial charge in [-0.2, -0.15) is 0 Å². The van der Waals surface area contributed by atoms with Gasteiger partial charge in [-0.3, -0.25) is 4.72 Å². The Balaban J connectivity index is 2.43. The fourth-order valence-corrected chi connectivity index (χ4v) is 3.97. The molecule has 112 valence electrons. The second kappa shape index (κ2) is 6.07. The zero-order valence-corrected chi connectivity index (χ0v) is 14.8. The van der Waals surface area contributed by atoms with Crippen LogP contribution in [0.5, 0.6) is 0 Å². The Morgan fingerprint density at radius 3 is 2.52 bits per heavy atom. The third-order valence-electron chi connectivity index (χ3n) is 2.39. The molecule has 2 rings (SSSR count). The van der Waals surface area contributed by atoms with E-state index >= 15 is 0 Å². The van der Waals surface area contributed by atoms with Gasteiger partial charge in [0.25, 0.3) is 10.0 Å². The monoisotopic (exact) mass is 457 g/mol. The molecule has 0 fully saturated rings. The average molecular weight is 460 g/mol. The zero-order chi connectivity index (χ0) is 15.8. The third kappa shape index (κ3) is 3.65. The van der Waals surface area contributed by atoms with E-state index in [0.29, 0.717) is 4.47 Å². The topological polar surface area (TPSA) is 85.1 Å². The summed E-state index contributed by atoms with van der Waals surface area (Å²) in [5.74, 6) is -0.711. The lowest BCUT2D eigenvalue weighted by atomic mass is 10.3. The van der Waals surface area contributed by atoms with E-state index in [9.17, 15) is 12.8 Å². The van der Waals surface area contributed by atoms with E-state index < -0.39 is 15.8 Å². The summed E-state index contributed by atoms with van der Waals surface area (Å²) in [5, 5.41) is 0.199. The quantitative estimate of drug-likeness (QED) is 0.540. The van der Waals surface area contributed by atoms with Crippen LogP contribution in [0.1, 0.15) is 0 Å². The Morgan fingerprint density at radius 1 is 1.24 bits per heavy atom. The predicted molar refractivity (Wildman–Crippen MR) is 86.3 cm³/mol. The normalized spacial score (nSPS) is 11.4. The molecular weight excluding hydrogens is 452 g/mol. The van der Waals surface area contributed by atoms with Gasteiger partial charge in [-0.1, -0.05) is 11.6 Å². The molecular formula is C11H7Br2ClFN3O2S. The highest BCUT2D eigenvalue weighted by molar-refractivity contribution is 9.10. The third-order valence-corrected chi connectivity index (χ3v) is 5.86. The summed E-state index contributed by atoms with van der Waals surface area (Å²) in [5.41, 5.74) is 5.32. The number of hydrogen-bond acceptors (Lipinski definition) is 4. The highest BCUT2D eigenvalue weighted by Gasteiger charge is 2.20. The molecule has 0 spiro atoms. The molecule has 0 aliphatic carbocycles. The first kappa shape index (κ1) is 16.5. The van der Waals surface area contributed by atoms with Gasteiger partial charge in [-0.05, 0) is 50.1 Å². The number of pyridine rings is 1. The standard InChI is InChI=1S/C11H7Br2ClFN3O2S/c12-6-2-8(15)9(16)3-10(6)21(19,20)18-5-1-7(13)11(14)17-4-5/h1-4,18H,16H2. The minimum atomic E-state index is -3.96. The second-order valence-electron chi connectivity index (χ2n) is 3.91. The van der Waals surface area contributed by atoms with Gasteiger partial charge in [0.2, 0.25) is 0 Å². The van der Waals surface area contributed by atoms with Crippen molar-refractivity contribution in [2.45, 2.75) is 4.90 Å². The molecule has 0 aliphatic heterocycles. The molecule has 1 aromatic carbocycles. The van der Waals surface area contributed by atoms with Crippen LogP contribution in [-0.4, -0.2) is 13.4 Å². The first-order chi connectivity index (χ1) is 9.70. The van der Waals surface area contributed by atoms with Crippen molar-refractivity contribution >= 4 is 64.9 Å². The Kier molecular flexibility index (Phi) is 4.76. The maximum Gasteiger partial charge on any atom is 0.263 e. The summed E-state index contributed by atoms with van der Waals surface area (Å²) in [4.78, 5) is 3.62. The van der Waals surface area contributed by atoms with E-state index in [1.807, 2.05) is 0 Å². The van der Waals surface area contributed by atoms with Crippen LogP contribution in [-0.2, 0) is 10.0 Å². The van der Waals surface area contributed by atoms with Crippen molar-refractivity contribution in [2.24, 2.45) is 0 Å². The first-order valence-corrected chi connectivity index (χ1v) is 8.74. The van der Waals surface area contributed by atoms with Crippen LogP contribution >= 0.6 is 43.5 Å². The summed E-state index contributed by atoms with van der Waals surface area (Å²) < 4.78 is 40.6. The molecule has 3 N–H and O–H groups in total. The molecule has 5 nitrogen and oxygen atoms in total. The van der Waals surface area contributed by atoms with E-state index in [4.69, 9.17) is 17.3 Å². The van der Waals surface area contributed by atoms with Crippen molar-refractivity contribution in [1.29, 1.82) is 0 Å². The van der Waals surface area contributed by atoms with Crippen molar-refractivity contribution in [3.8, 4) is 0 Å². The molecule has 0 aliphatic rings. The largest absolute Gasteiger partial charge is 0.396 e. The molecule has 0 unspecified atom stereocenters. The number of benzene rings is 1. The molecule has 1 aromatic heterocycles. The summed E-state index contributed by atoms with van der Waals surface area (Å²) in [6.45, 7) is 0. The molecule has 0 saturated carbocycles. The lowest BCUT2D eigenvalue weighted by Crippen LogP contribution is -2.14. The van der Waals surface area contributed by atoms with Crippen molar-refractivity contribution in [1.82, 2.24) is 4.98 Å². The van der Waals surface area contributed by atoms with Gasteiger partial charge in [-0.15, -0.1) is 0 Å². The molecule has 1 heterocycles. The molecule has 10 heteroatoms. The fraction of sp³-hybridized carbons (Fsp3) is 0. The zero-order valence-electron chi connectivity index (χ0n) is 10.1. The van der Waals surface area contributed by atoms with Gasteiger partial charge in [0.15, 0.2) is 0 Å². The molecule has 21 heavy (non-hydrogen) atoms. The highest BCUT2D eigenvalue weighted by Crippen LogP contribution is 2.29. The maximum absolute atomic E-state index is 13.3. The summed E-state index contributed by atoms with van der Waals surface area (Å²) >= 11 is 11.9. The molecule has 0 saturated heterocycles. The summed E-state index contributed by atoms with van der Waals surface area (Å²) in [6.07, 6.45) is 1.26. The Labute approximate surface area is 142 Å². The number of sulfonamides is 1. The second-order valence-corrected chi connectivity index (χ2v) is 7.62. The fourth-order valence-electron chi connectivity index (χ4n) is 1.44. The Morgan fingerprint density at radius 2 is 1.90 bits per heavy atom. The van der Waals surface area contributed by atoms with Crippen LogP contribution in [0.3, 0.4) is 0 Å². The van der Waals surface area contributed by atoms with E-state index in [2.05, 4.69) is 41.6 Å². The van der Waals surface area contributed by atoms with Gasteiger partial charge < -0.3 is 5.73 Å². The van der Waals surface area contributed by atoms with Crippen molar-refractivity contribution in [3.63, 3.8) is 0 Å². The predicted octanol–water partition coefficient (Wildman–Crippen LogP) is 3.78. The van der Waals surface area contributed by atoms with Crippen LogP contribution in [0.2, 0.25) is 5.15 Å². The van der Waals surface area contributed by atoms with Crippen LogP contribution in [0, 0.1) is 5.82 Å². The molecule has 0 radical (unpaired) electrons. The lowest BCUT2D eigenvalue weighted by molar-refractivity contribution is 0.599. The van der Waals surface area contributed by atoms with Crippen molar-refractivity contribution in [3.05, 3.63) is 44.3 Å². The number of hydrogen-bond donors (Lipinski definition) is 2. The number of nitrogens with one attached hydrogen (secondary N) is 1. The summed E-state index contributed by atoms with van der Waals surface area (Å²) in [6, 6.07) is 3.47. The van der Waals surface area contributed by atoms with Crippen LogP contribution in [0.4, 0.5) is 15.8 Å². The van der Waals surface area contributed by atoms with Crippen LogP contribution in [0.25, 0.3) is 0 Å². The van der Waals surface area contributed by atoms with Gasteiger partial charge >= 0.3 is 0 Å². The molecule has 0 bridgehead atoms. The molecule has 2 aromatic rings. The van der Waals surface area contributed by atoms with E-state index in [1.54, 1.807) is 0 Å². The minimum Gasteiger partial charge on any atom is -0.396 e. The van der Waals surface area contributed by atoms with Gasteiger partial charge in [-0.25, -0.2) is 17.8 Å². The number of aromatic nitrogens is 1. The van der Waals surface area contributed by atoms with Crippen molar-refractivity contribution < 1.29 is 12.8 Å². The SMILES string of the molecule is Nc1cc(S(=O)(=O)Nc2cnc(Cl)c(Br)c2)c(Br)cc1F. The number of anilines is 2. The number of nitrogen functional groups attached to an aromatic ring is 1. The number of nitrogens with two attached hydrogens (primary N) is 1. The van der Waals surface area contributed by atoms with E-state index in [0.717, 1.165) is 12.1 Å². The number of rotatable bonds is 3. The maximum atomic E-state index is 13.3. The lowest BCUT2D eigenvalue weighted by Gasteiger charge is -2.11. The van der Waals surface area contributed by atoms with Gasteiger partial charge in [0.1, 0.15) is 15.9 Å². The smallest absolute Gasteiger partial charge is 0.263 e. The average Bonchev–Trinajstić information content (AvgIpc) is 2.37. The van der Waals surface area contributed by atoms with Crippen LogP contribution in [0.15, 0.2) is 38.2 Å². The minimum absolute atomic E-state index is 0.0580. The Bertz CT molecular complexity index is 817. The highest BCUT2D eigenvalue weighted by atomic mass is 79.9. The van der Waals surface area contributed by atoms with E-state index in [1.165, 1.54) is 12.3 Å². The van der Waals surface area contributed by atoms with E-state index in [-0.39, 0.29) is 25.9 Å². The first-order valence-electron chi connectivity index (χ1n) is 5.29. The summed E-state index contributed by atoms with van der Waals surface area (Å²) in [7, 11) is -3.96. The van der Waals surface area contributed by atoms with Gasteiger partial charge in [0.05, 0.1) is 22.0 Å².